The van der Waals surface area contributed by atoms with Crippen molar-refractivity contribution in [1.29, 1.82) is 0 Å². The Bertz CT molecular complexity index is 555. The maximum Gasteiger partial charge on any atom is 0.194 e. The fourth-order valence-electron chi connectivity index (χ4n) is 1.87. The first-order chi connectivity index (χ1) is 10.8. The molecule has 0 spiro atoms. The van der Waals surface area contributed by atoms with Crippen LogP contribution in [0.3, 0.4) is 0 Å². The SMILES string of the molecule is CCNC(=NCc1ccon1)N(C)CCOc1ccccc1. The van der Waals surface area contributed by atoms with Gasteiger partial charge in [-0.2, -0.15) is 0 Å². The van der Waals surface area contributed by atoms with Crippen LogP contribution in [-0.2, 0) is 6.54 Å². The van der Waals surface area contributed by atoms with Crippen LogP contribution < -0.4 is 10.1 Å². The Kier molecular flexibility index (Phi) is 6.29. The molecular formula is C16H22N4O2. The maximum absolute atomic E-state index is 5.70. The van der Waals surface area contributed by atoms with Crippen LogP contribution in [0.1, 0.15) is 12.6 Å². The minimum Gasteiger partial charge on any atom is -0.492 e. The molecule has 118 valence electrons. The molecule has 1 N–H and O–H groups in total. The minimum atomic E-state index is 0.489. The highest BCUT2D eigenvalue weighted by Gasteiger charge is 2.06. The number of hydrogen-bond donors (Lipinski definition) is 1. The number of aromatic nitrogens is 1. The predicted octanol–water partition coefficient (Wildman–Crippen LogP) is 2.15. The molecule has 0 unspecified atom stereocenters. The van der Waals surface area contributed by atoms with Crippen LogP contribution in [-0.4, -0.2) is 42.8 Å². The molecule has 6 heteroatoms. The van der Waals surface area contributed by atoms with Crippen molar-refractivity contribution < 1.29 is 9.26 Å². The summed E-state index contributed by atoms with van der Waals surface area (Å²) in [5, 5.41) is 7.11. The van der Waals surface area contributed by atoms with Gasteiger partial charge in [-0.1, -0.05) is 23.4 Å². The number of hydrogen-bond acceptors (Lipinski definition) is 4. The number of aliphatic imine (C=N–C) groups is 1. The Hall–Kier alpha value is -2.50. The van der Waals surface area contributed by atoms with Gasteiger partial charge in [-0.25, -0.2) is 4.99 Å². The van der Waals surface area contributed by atoms with E-state index in [0.29, 0.717) is 13.2 Å². The molecule has 0 atom stereocenters. The van der Waals surface area contributed by atoms with Crippen LogP contribution in [0, 0.1) is 0 Å². The number of nitrogens with zero attached hydrogens (tertiary/aromatic N) is 3. The monoisotopic (exact) mass is 302 g/mol. The Morgan fingerprint density at radius 3 is 2.82 bits per heavy atom. The normalized spacial score (nSPS) is 11.3. The number of benzene rings is 1. The lowest BCUT2D eigenvalue weighted by atomic mass is 10.3. The van der Waals surface area contributed by atoms with Gasteiger partial charge >= 0.3 is 0 Å². The molecule has 0 aliphatic heterocycles. The van der Waals surface area contributed by atoms with Gasteiger partial charge in [0.1, 0.15) is 24.3 Å². The van der Waals surface area contributed by atoms with Gasteiger partial charge in [0.15, 0.2) is 5.96 Å². The molecule has 0 saturated carbocycles. The molecule has 2 aromatic rings. The number of ether oxygens (including phenoxy) is 1. The Balaban J connectivity index is 1.83. The minimum absolute atomic E-state index is 0.489. The molecule has 0 aliphatic carbocycles. The van der Waals surface area contributed by atoms with Gasteiger partial charge in [-0.15, -0.1) is 0 Å². The third-order valence-electron chi connectivity index (χ3n) is 3.02. The van der Waals surface area contributed by atoms with E-state index in [1.807, 2.05) is 55.3 Å². The van der Waals surface area contributed by atoms with E-state index in [9.17, 15) is 0 Å². The van der Waals surface area contributed by atoms with Crippen molar-refractivity contribution in [2.24, 2.45) is 4.99 Å². The van der Waals surface area contributed by atoms with E-state index in [-0.39, 0.29) is 0 Å². The molecule has 0 saturated heterocycles. The fraction of sp³-hybridized carbons (Fsp3) is 0.375. The van der Waals surface area contributed by atoms with Crippen LogP contribution in [0.4, 0.5) is 0 Å². The third-order valence-corrected chi connectivity index (χ3v) is 3.02. The average Bonchev–Trinajstić information content (AvgIpc) is 3.05. The van der Waals surface area contributed by atoms with Crippen molar-refractivity contribution in [3.8, 4) is 5.75 Å². The van der Waals surface area contributed by atoms with E-state index in [1.165, 1.54) is 0 Å². The summed E-state index contributed by atoms with van der Waals surface area (Å²) >= 11 is 0. The number of nitrogens with one attached hydrogen (secondary N) is 1. The van der Waals surface area contributed by atoms with Crippen molar-refractivity contribution in [2.75, 3.05) is 26.7 Å². The van der Waals surface area contributed by atoms with Gasteiger partial charge in [-0.3, -0.25) is 0 Å². The summed E-state index contributed by atoms with van der Waals surface area (Å²) in [6.07, 6.45) is 1.55. The van der Waals surface area contributed by atoms with Gasteiger partial charge in [-0.05, 0) is 19.1 Å². The molecule has 1 aromatic heterocycles. The molecule has 6 nitrogen and oxygen atoms in total. The second-order valence-corrected chi connectivity index (χ2v) is 4.74. The van der Waals surface area contributed by atoms with E-state index < -0.39 is 0 Å². The molecule has 1 aromatic carbocycles. The van der Waals surface area contributed by atoms with E-state index in [4.69, 9.17) is 9.26 Å². The molecule has 0 aliphatic rings. The average molecular weight is 302 g/mol. The Morgan fingerprint density at radius 1 is 1.32 bits per heavy atom. The summed E-state index contributed by atoms with van der Waals surface area (Å²) in [4.78, 5) is 6.57. The highest BCUT2D eigenvalue weighted by atomic mass is 16.5. The van der Waals surface area contributed by atoms with Gasteiger partial charge in [0.05, 0.1) is 13.1 Å². The van der Waals surface area contributed by atoms with Crippen molar-refractivity contribution in [2.45, 2.75) is 13.5 Å². The van der Waals surface area contributed by atoms with E-state index in [2.05, 4.69) is 15.5 Å². The predicted molar refractivity (Wildman–Crippen MR) is 85.9 cm³/mol. The molecule has 22 heavy (non-hydrogen) atoms. The third kappa shape index (κ3) is 5.12. The summed E-state index contributed by atoms with van der Waals surface area (Å²) in [5.41, 5.74) is 0.810. The first kappa shape index (κ1) is 15.9. The second-order valence-electron chi connectivity index (χ2n) is 4.74. The van der Waals surface area contributed by atoms with Crippen LogP contribution in [0.25, 0.3) is 0 Å². The quantitative estimate of drug-likeness (QED) is 0.627. The standard InChI is InChI=1S/C16H22N4O2/c1-3-17-16(18-13-14-9-11-22-19-14)20(2)10-12-21-15-7-5-4-6-8-15/h4-9,11H,3,10,12-13H2,1-2H3,(H,17,18). The molecule has 0 fully saturated rings. The van der Waals surface area contributed by atoms with E-state index in [0.717, 1.165) is 30.5 Å². The summed E-state index contributed by atoms with van der Waals surface area (Å²) < 4.78 is 10.5. The second kappa shape index (κ2) is 8.71. The van der Waals surface area contributed by atoms with Crippen molar-refractivity contribution in [3.05, 3.63) is 48.4 Å². The summed E-state index contributed by atoms with van der Waals surface area (Å²) in [7, 11) is 1.98. The topological polar surface area (TPSA) is 62.9 Å². The van der Waals surface area contributed by atoms with Gasteiger partial charge in [0.25, 0.3) is 0 Å². The molecular weight excluding hydrogens is 280 g/mol. The lowest BCUT2D eigenvalue weighted by molar-refractivity contribution is 0.281. The maximum atomic E-state index is 5.70. The van der Waals surface area contributed by atoms with Crippen molar-refractivity contribution in [3.63, 3.8) is 0 Å². The molecule has 0 amide bonds. The van der Waals surface area contributed by atoms with Crippen LogP contribution in [0.2, 0.25) is 0 Å². The molecule has 0 bridgehead atoms. The number of rotatable bonds is 7. The zero-order valence-electron chi connectivity index (χ0n) is 13.0. The summed E-state index contributed by atoms with van der Waals surface area (Å²) in [6.45, 7) is 4.67. The van der Waals surface area contributed by atoms with Crippen molar-refractivity contribution in [1.82, 2.24) is 15.4 Å². The summed E-state index contributed by atoms with van der Waals surface area (Å²) in [6, 6.07) is 11.6. The lowest BCUT2D eigenvalue weighted by Crippen LogP contribution is -2.40. The molecule has 1 heterocycles. The number of para-hydroxylation sites is 1. The highest BCUT2D eigenvalue weighted by Crippen LogP contribution is 2.07. The van der Waals surface area contributed by atoms with Gasteiger partial charge in [0, 0.05) is 19.7 Å². The lowest BCUT2D eigenvalue weighted by Gasteiger charge is -2.22. The van der Waals surface area contributed by atoms with E-state index >= 15 is 0 Å². The van der Waals surface area contributed by atoms with E-state index in [1.54, 1.807) is 6.26 Å². The van der Waals surface area contributed by atoms with Crippen LogP contribution in [0.15, 0.2) is 52.2 Å². The summed E-state index contributed by atoms with van der Waals surface area (Å²) in [5.74, 6) is 1.70. The van der Waals surface area contributed by atoms with Gasteiger partial charge in [0.2, 0.25) is 0 Å². The highest BCUT2D eigenvalue weighted by molar-refractivity contribution is 5.79. The van der Waals surface area contributed by atoms with Crippen LogP contribution in [0.5, 0.6) is 5.75 Å². The Labute approximate surface area is 130 Å². The Morgan fingerprint density at radius 2 is 2.14 bits per heavy atom. The largest absolute Gasteiger partial charge is 0.492 e. The first-order valence-corrected chi connectivity index (χ1v) is 7.36. The van der Waals surface area contributed by atoms with Gasteiger partial charge < -0.3 is 19.5 Å². The molecule has 2 rings (SSSR count). The van der Waals surface area contributed by atoms with Crippen LogP contribution >= 0.6 is 0 Å². The number of likely N-dealkylation sites (N-methyl/N-ethyl adjacent to an activating group) is 1. The zero-order valence-corrected chi connectivity index (χ0v) is 13.0. The van der Waals surface area contributed by atoms with Crippen molar-refractivity contribution >= 4 is 5.96 Å². The smallest absolute Gasteiger partial charge is 0.194 e. The zero-order chi connectivity index (χ0) is 15.6. The number of guanidine groups is 1. The molecule has 0 radical (unpaired) electrons. The fourth-order valence-corrected chi connectivity index (χ4v) is 1.87. The first-order valence-electron chi connectivity index (χ1n) is 7.36.